The summed E-state index contributed by atoms with van der Waals surface area (Å²) >= 11 is 0. The monoisotopic (exact) mass is 346 g/mol. The standard InChI is InChI=1S/C18H26N4O3/c1-3-7-18(13-4-8-19-9-5-13)16(23)22(17(24)21-18)12-14-11-15(25-2)6-10-20-14/h6,10-11,13,19H,3-5,7-9,12H2,1-2H3,(H,21,24). The van der Waals surface area contributed by atoms with E-state index in [1.54, 1.807) is 25.4 Å². The van der Waals surface area contributed by atoms with Gasteiger partial charge in [0.25, 0.3) is 5.91 Å². The Morgan fingerprint density at radius 1 is 1.36 bits per heavy atom. The van der Waals surface area contributed by atoms with Crippen LogP contribution in [0.15, 0.2) is 18.3 Å². The lowest BCUT2D eigenvalue weighted by atomic mass is 9.75. The predicted molar refractivity (Wildman–Crippen MR) is 93.1 cm³/mol. The van der Waals surface area contributed by atoms with Crippen molar-refractivity contribution < 1.29 is 14.3 Å². The topological polar surface area (TPSA) is 83.6 Å². The minimum Gasteiger partial charge on any atom is -0.497 e. The number of rotatable bonds is 6. The van der Waals surface area contributed by atoms with Crippen molar-refractivity contribution in [1.29, 1.82) is 0 Å². The molecule has 1 aromatic rings. The molecule has 2 N–H and O–H groups in total. The lowest BCUT2D eigenvalue weighted by Crippen LogP contribution is -2.55. The summed E-state index contributed by atoms with van der Waals surface area (Å²) in [7, 11) is 1.58. The van der Waals surface area contributed by atoms with Gasteiger partial charge in [0, 0.05) is 12.3 Å². The zero-order chi connectivity index (χ0) is 17.9. The van der Waals surface area contributed by atoms with Crippen molar-refractivity contribution in [2.45, 2.75) is 44.7 Å². The molecule has 2 aliphatic rings. The first-order valence-electron chi connectivity index (χ1n) is 8.94. The van der Waals surface area contributed by atoms with E-state index in [2.05, 4.69) is 22.5 Å². The summed E-state index contributed by atoms with van der Waals surface area (Å²) in [6.45, 7) is 3.99. The van der Waals surface area contributed by atoms with Gasteiger partial charge in [-0.25, -0.2) is 4.79 Å². The quantitative estimate of drug-likeness (QED) is 0.766. The van der Waals surface area contributed by atoms with Crippen molar-refractivity contribution in [1.82, 2.24) is 20.5 Å². The van der Waals surface area contributed by atoms with Gasteiger partial charge in [0.05, 0.1) is 19.3 Å². The van der Waals surface area contributed by atoms with Crippen LogP contribution in [0.4, 0.5) is 4.79 Å². The number of methoxy groups -OCH3 is 1. The Balaban J connectivity index is 1.83. The maximum absolute atomic E-state index is 13.2. The average Bonchev–Trinajstić information content (AvgIpc) is 2.88. The number of nitrogens with one attached hydrogen (secondary N) is 2. The van der Waals surface area contributed by atoms with Crippen molar-refractivity contribution in [3.63, 3.8) is 0 Å². The molecule has 1 atom stereocenters. The number of imide groups is 1. The molecule has 3 rings (SSSR count). The van der Waals surface area contributed by atoms with Gasteiger partial charge in [-0.15, -0.1) is 0 Å². The van der Waals surface area contributed by atoms with E-state index >= 15 is 0 Å². The third-order valence-electron chi connectivity index (χ3n) is 5.23. The first-order valence-corrected chi connectivity index (χ1v) is 8.94. The number of ether oxygens (including phenoxy) is 1. The predicted octanol–water partition coefficient (Wildman–Crippen LogP) is 1.68. The summed E-state index contributed by atoms with van der Waals surface area (Å²) in [5.74, 6) is 0.722. The van der Waals surface area contributed by atoms with Gasteiger partial charge < -0.3 is 15.4 Å². The second-order valence-corrected chi connectivity index (χ2v) is 6.75. The van der Waals surface area contributed by atoms with E-state index in [1.165, 1.54) is 4.90 Å². The number of hydrogen-bond acceptors (Lipinski definition) is 5. The van der Waals surface area contributed by atoms with Crippen LogP contribution in [0.1, 0.15) is 38.3 Å². The molecule has 2 aliphatic heterocycles. The summed E-state index contributed by atoms with van der Waals surface area (Å²) in [4.78, 5) is 31.4. The largest absolute Gasteiger partial charge is 0.497 e. The Morgan fingerprint density at radius 3 is 2.80 bits per heavy atom. The molecule has 0 saturated carbocycles. The average molecular weight is 346 g/mol. The molecular weight excluding hydrogens is 320 g/mol. The van der Waals surface area contributed by atoms with E-state index in [1.807, 2.05) is 0 Å². The number of aromatic nitrogens is 1. The summed E-state index contributed by atoms with van der Waals surface area (Å²) in [6.07, 6.45) is 4.94. The fourth-order valence-corrected chi connectivity index (χ4v) is 3.98. The minimum atomic E-state index is -0.771. The lowest BCUT2D eigenvalue weighted by molar-refractivity contribution is -0.134. The van der Waals surface area contributed by atoms with Crippen molar-refractivity contribution >= 4 is 11.9 Å². The zero-order valence-electron chi connectivity index (χ0n) is 14.9. The number of carbonyl (C=O) groups excluding carboxylic acids is 2. The number of urea groups is 1. The van der Waals surface area contributed by atoms with Crippen LogP contribution in [0, 0.1) is 5.92 Å². The number of pyridine rings is 1. The molecule has 0 radical (unpaired) electrons. The first-order chi connectivity index (χ1) is 12.1. The van der Waals surface area contributed by atoms with Gasteiger partial charge in [-0.3, -0.25) is 14.7 Å². The smallest absolute Gasteiger partial charge is 0.325 e. The Morgan fingerprint density at radius 2 is 2.12 bits per heavy atom. The van der Waals surface area contributed by atoms with Gasteiger partial charge in [-0.2, -0.15) is 0 Å². The molecule has 7 nitrogen and oxygen atoms in total. The van der Waals surface area contributed by atoms with Crippen LogP contribution in [0.25, 0.3) is 0 Å². The second-order valence-electron chi connectivity index (χ2n) is 6.75. The van der Waals surface area contributed by atoms with E-state index in [4.69, 9.17) is 4.74 Å². The summed E-state index contributed by atoms with van der Waals surface area (Å²) < 4.78 is 5.20. The van der Waals surface area contributed by atoms with E-state index in [0.29, 0.717) is 17.9 Å². The van der Waals surface area contributed by atoms with Crippen molar-refractivity contribution in [2.75, 3.05) is 20.2 Å². The van der Waals surface area contributed by atoms with Crippen LogP contribution >= 0.6 is 0 Å². The Labute approximate surface area is 148 Å². The zero-order valence-corrected chi connectivity index (χ0v) is 14.9. The van der Waals surface area contributed by atoms with E-state index in [0.717, 1.165) is 32.4 Å². The van der Waals surface area contributed by atoms with Crippen molar-refractivity contribution in [3.8, 4) is 5.75 Å². The first kappa shape index (κ1) is 17.7. The molecule has 2 saturated heterocycles. The lowest BCUT2D eigenvalue weighted by Gasteiger charge is -2.37. The van der Waals surface area contributed by atoms with Crippen LogP contribution in [0.5, 0.6) is 5.75 Å². The normalized spacial score (nSPS) is 24.5. The molecule has 3 heterocycles. The molecule has 1 aromatic heterocycles. The third kappa shape index (κ3) is 3.33. The number of hydrogen-bond donors (Lipinski definition) is 2. The summed E-state index contributed by atoms with van der Waals surface area (Å²) in [5.41, 5.74) is -0.132. The Kier molecular flexibility index (Phi) is 5.22. The molecule has 25 heavy (non-hydrogen) atoms. The molecule has 7 heteroatoms. The van der Waals surface area contributed by atoms with Crippen LogP contribution in [-0.2, 0) is 11.3 Å². The Hall–Kier alpha value is -2.15. The SMILES string of the molecule is CCCC1(C2CCNCC2)NC(=O)N(Cc2cc(OC)ccn2)C1=O. The van der Waals surface area contributed by atoms with E-state index in [-0.39, 0.29) is 24.4 Å². The van der Waals surface area contributed by atoms with Crippen LogP contribution in [0.2, 0.25) is 0 Å². The molecule has 0 aliphatic carbocycles. The number of nitrogens with zero attached hydrogens (tertiary/aromatic N) is 2. The molecule has 0 spiro atoms. The van der Waals surface area contributed by atoms with E-state index < -0.39 is 5.54 Å². The van der Waals surface area contributed by atoms with Crippen LogP contribution < -0.4 is 15.4 Å². The minimum absolute atomic E-state index is 0.115. The van der Waals surface area contributed by atoms with Crippen molar-refractivity contribution in [3.05, 3.63) is 24.0 Å². The Bertz CT molecular complexity index is 645. The molecule has 1 unspecified atom stereocenters. The third-order valence-corrected chi connectivity index (χ3v) is 5.23. The van der Waals surface area contributed by atoms with E-state index in [9.17, 15) is 9.59 Å². The van der Waals surface area contributed by atoms with Gasteiger partial charge in [-0.05, 0) is 44.3 Å². The number of amides is 3. The van der Waals surface area contributed by atoms with Gasteiger partial charge in [0.15, 0.2) is 0 Å². The van der Waals surface area contributed by atoms with Crippen LogP contribution in [0.3, 0.4) is 0 Å². The summed E-state index contributed by atoms with van der Waals surface area (Å²) in [5, 5.41) is 6.36. The highest BCUT2D eigenvalue weighted by Gasteiger charge is 2.54. The highest BCUT2D eigenvalue weighted by atomic mass is 16.5. The van der Waals surface area contributed by atoms with Gasteiger partial charge >= 0.3 is 6.03 Å². The molecule has 0 bridgehead atoms. The molecular formula is C18H26N4O3. The molecule has 3 amide bonds. The maximum atomic E-state index is 13.2. The van der Waals surface area contributed by atoms with Crippen LogP contribution in [-0.4, -0.2) is 47.6 Å². The van der Waals surface area contributed by atoms with Gasteiger partial charge in [0.1, 0.15) is 11.3 Å². The summed E-state index contributed by atoms with van der Waals surface area (Å²) in [6, 6.07) is 3.18. The van der Waals surface area contributed by atoms with Crippen molar-refractivity contribution in [2.24, 2.45) is 5.92 Å². The molecule has 2 fully saturated rings. The van der Waals surface area contributed by atoms with Gasteiger partial charge in [0.2, 0.25) is 0 Å². The number of piperidine rings is 1. The van der Waals surface area contributed by atoms with Gasteiger partial charge in [-0.1, -0.05) is 13.3 Å². The fourth-order valence-electron chi connectivity index (χ4n) is 3.98. The second kappa shape index (κ2) is 7.39. The molecule has 136 valence electrons. The highest BCUT2D eigenvalue weighted by Crippen LogP contribution is 2.36. The maximum Gasteiger partial charge on any atom is 0.325 e. The number of carbonyl (C=O) groups is 2. The molecule has 0 aromatic carbocycles. The highest BCUT2D eigenvalue weighted by molar-refractivity contribution is 6.07. The fraction of sp³-hybridized carbons (Fsp3) is 0.611.